The SMILES string of the molecule is CN1CNC2CC2C1. The van der Waals surface area contributed by atoms with Crippen LogP contribution in [0.2, 0.25) is 0 Å². The van der Waals surface area contributed by atoms with Crippen molar-refractivity contribution in [2.45, 2.75) is 12.5 Å². The highest BCUT2D eigenvalue weighted by Crippen LogP contribution is 2.32. The maximum atomic E-state index is 3.43. The normalized spacial score (nSPS) is 46.1. The standard InChI is InChI=1S/C6H12N2/c1-8-3-5-2-6(5)7-4-8/h5-7H,2-4H2,1H3. The largest absolute Gasteiger partial charge is 0.301 e. The van der Waals surface area contributed by atoms with Crippen LogP contribution in [0.5, 0.6) is 0 Å². The van der Waals surface area contributed by atoms with Crippen LogP contribution >= 0.6 is 0 Å². The van der Waals surface area contributed by atoms with E-state index in [-0.39, 0.29) is 0 Å². The molecule has 1 N–H and O–H groups in total. The number of fused-ring (bicyclic) bond motifs is 1. The van der Waals surface area contributed by atoms with Gasteiger partial charge in [-0.2, -0.15) is 0 Å². The lowest BCUT2D eigenvalue weighted by Crippen LogP contribution is -2.39. The van der Waals surface area contributed by atoms with Gasteiger partial charge in [0, 0.05) is 19.3 Å². The molecule has 2 atom stereocenters. The van der Waals surface area contributed by atoms with Gasteiger partial charge in [-0.15, -0.1) is 0 Å². The second-order valence-corrected chi connectivity index (χ2v) is 3.00. The summed E-state index contributed by atoms with van der Waals surface area (Å²) in [4.78, 5) is 2.34. The van der Waals surface area contributed by atoms with Crippen LogP contribution in [0.25, 0.3) is 0 Å². The molecule has 2 nitrogen and oxygen atoms in total. The third-order valence-corrected chi connectivity index (χ3v) is 2.09. The van der Waals surface area contributed by atoms with E-state index < -0.39 is 0 Å². The van der Waals surface area contributed by atoms with E-state index >= 15 is 0 Å². The number of nitrogens with zero attached hydrogens (tertiary/aromatic N) is 1. The van der Waals surface area contributed by atoms with Crippen LogP contribution in [0.4, 0.5) is 0 Å². The van der Waals surface area contributed by atoms with Gasteiger partial charge in [0.2, 0.25) is 0 Å². The second kappa shape index (κ2) is 1.45. The highest BCUT2D eigenvalue weighted by molar-refractivity contribution is 4.97. The van der Waals surface area contributed by atoms with E-state index in [4.69, 9.17) is 0 Å². The van der Waals surface area contributed by atoms with E-state index in [0.717, 1.165) is 18.6 Å². The molecule has 0 bridgehead atoms. The molecule has 2 heteroatoms. The van der Waals surface area contributed by atoms with Crippen LogP contribution in [0.15, 0.2) is 0 Å². The second-order valence-electron chi connectivity index (χ2n) is 3.00. The molecule has 1 saturated carbocycles. The topological polar surface area (TPSA) is 15.3 Å². The molecular weight excluding hydrogens is 100 g/mol. The van der Waals surface area contributed by atoms with E-state index in [0.29, 0.717) is 0 Å². The summed E-state index contributed by atoms with van der Waals surface area (Å²) >= 11 is 0. The molecule has 2 unspecified atom stereocenters. The molecule has 0 radical (unpaired) electrons. The van der Waals surface area contributed by atoms with E-state index in [1.807, 2.05) is 0 Å². The summed E-state index contributed by atoms with van der Waals surface area (Å²) in [6, 6.07) is 0.895. The molecule has 0 aromatic carbocycles. The molecule has 8 heavy (non-hydrogen) atoms. The van der Waals surface area contributed by atoms with E-state index in [9.17, 15) is 0 Å². The molecule has 0 aromatic rings. The first-order valence-electron chi connectivity index (χ1n) is 3.28. The number of hydrogen-bond acceptors (Lipinski definition) is 2. The van der Waals surface area contributed by atoms with E-state index in [1.165, 1.54) is 13.0 Å². The average molecular weight is 112 g/mol. The molecule has 0 spiro atoms. The zero-order chi connectivity index (χ0) is 5.56. The van der Waals surface area contributed by atoms with Crippen molar-refractivity contribution in [1.82, 2.24) is 10.2 Å². The number of rotatable bonds is 0. The van der Waals surface area contributed by atoms with Crippen molar-refractivity contribution < 1.29 is 0 Å². The molecule has 46 valence electrons. The smallest absolute Gasteiger partial charge is 0.0479 e. The molecule has 1 heterocycles. The Balaban J connectivity index is 1.93. The van der Waals surface area contributed by atoms with Gasteiger partial charge < -0.3 is 5.32 Å². The quantitative estimate of drug-likeness (QED) is 0.469. The Bertz CT molecular complexity index is 103. The van der Waals surface area contributed by atoms with Gasteiger partial charge in [-0.25, -0.2) is 0 Å². The molecule has 0 amide bonds. The Labute approximate surface area is 49.9 Å². The summed E-state index contributed by atoms with van der Waals surface area (Å²) in [5, 5.41) is 3.43. The highest BCUT2D eigenvalue weighted by atomic mass is 15.3. The lowest BCUT2D eigenvalue weighted by atomic mass is 10.3. The molecule has 2 fully saturated rings. The maximum absolute atomic E-state index is 3.43. The summed E-state index contributed by atoms with van der Waals surface area (Å²) in [7, 11) is 2.17. The van der Waals surface area contributed by atoms with Gasteiger partial charge >= 0.3 is 0 Å². The Hall–Kier alpha value is -0.0800. The summed E-state index contributed by atoms with van der Waals surface area (Å²) < 4.78 is 0. The zero-order valence-electron chi connectivity index (χ0n) is 5.22. The summed E-state index contributed by atoms with van der Waals surface area (Å²) in [5.74, 6) is 0.994. The number of hydrogen-bond donors (Lipinski definition) is 1. The van der Waals surface area contributed by atoms with E-state index in [2.05, 4.69) is 17.3 Å². The van der Waals surface area contributed by atoms with Crippen molar-refractivity contribution in [3.63, 3.8) is 0 Å². The minimum absolute atomic E-state index is 0.895. The van der Waals surface area contributed by atoms with Crippen LogP contribution in [0.3, 0.4) is 0 Å². The van der Waals surface area contributed by atoms with Gasteiger partial charge in [0.15, 0.2) is 0 Å². The van der Waals surface area contributed by atoms with Crippen LogP contribution in [-0.2, 0) is 0 Å². The Morgan fingerprint density at radius 2 is 2.50 bits per heavy atom. The monoisotopic (exact) mass is 112 g/mol. The van der Waals surface area contributed by atoms with Gasteiger partial charge in [-0.1, -0.05) is 0 Å². The fraction of sp³-hybridized carbons (Fsp3) is 1.00. The van der Waals surface area contributed by atoms with Crippen LogP contribution in [0, 0.1) is 5.92 Å². The molecule has 0 aromatic heterocycles. The molecule has 1 aliphatic heterocycles. The highest BCUT2D eigenvalue weighted by Gasteiger charge is 2.40. The molecule has 2 aliphatic rings. The van der Waals surface area contributed by atoms with Crippen LogP contribution in [0.1, 0.15) is 6.42 Å². The van der Waals surface area contributed by atoms with Gasteiger partial charge in [-0.3, -0.25) is 4.90 Å². The summed E-state index contributed by atoms with van der Waals surface area (Å²) in [5.41, 5.74) is 0. The van der Waals surface area contributed by atoms with Gasteiger partial charge in [0.05, 0.1) is 0 Å². The minimum atomic E-state index is 0.895. The predicted octanol–water partition coefficient (Wildman–Crippen LogP) is -0.133. The third kappa shape index (κ3) is 0.644. The number of nitrogens with one attached hydrogen (secondary N) is 1. The average Bonchev–Trinajstić information content (AvgIpc) is 2.43. The molecule has 1 saturated heterocycles. The van der Waals surface area contributed by atoms with Crippen LogP contribution < -0.4 is 5.32 Å². The Morgan fingerprint density at radius 1 is 1.62 bits per heavy atom. The van der Waals surface area contributed by atoms with Crippen molar-refractivity contribution in [1.29, 1.82) is 0 Å². The van der Waals surface area contributed by atoms with Gasteiger partial charge in [0.25, 0.3) is 0 Å². The van der Waals surface area contributed by atoms with Crippen molar-refractivity contribution in [3.8, 4) is 0 Å². The first-order valence-corrected chi connectivity index (χ1v) is 3.28. The minimum Gasteiger partial charge on any atom is -0.301 e. The lowest BCUT2D eigenvalue weighted by Gasteiger charge is -2.21. The van der Waals surface area contributed by atoms with Crippen molar-refractivity contribution in [2.75, 3.05) is 20.3 Å². The zero-order valence-corrected chi connectivity index (χ0v) is 5.22. The maximum Gasteiger partial charge on any atom is 0.0479 e. The predicted molar refractivity (Wildman–Crippen MR) is 32.5 cm³/mol. The molecular formula is C6H12N2. The molecule has 1 aliphatic carbocycles. The van der Waals surface area contributed by atoms with Crippen molar-refractivity contribution in [2.24, 2.45) is 5.92 Å². The van der Waals surface area contributed by atoms with Crippen LogP contribution in [-0.4, -0.2) is 31.2 Å². The van der Waals surface area contributed by atoms with E-state index in [1.54, 1.807) is 0 Å². The fourth-order valence-electron chi connectivity index (χ4n) is 1.44. The van der Waals surface area contributed by atoms with Crippen molar-refractivity contribution >= 4 is 0 Å². The summed E-state index contributed by atoms with van der Waals surface area (Å²) in [6.45, 7) is 2.42. The summed E-state index contributed by atoms with van der Waals surface area (Å²) in [6.07, 6.45) is 1.42. The molecule has 2 rings (SSSR count). The first kappa shape index (κ1) is 4.77. The van der Waals surface area contributed by atoms with Crippen molar-refractivity contribution in [3.05, 3.63) is 0 Å². The lowest BCUT2D eigenvalue weighted by molar-refractivity contribution is 0.254. The van der Waals surface area contributed by atoms with Gasteiger partial charge in [-0.05, 0) is 19.4 Å². The van der Waals surface area contributed by atoms with Gasteiger partial charge in [0.1, 0.15) is 0 Å². The third-order valence-electron chi connectivity index (χ3n) is 2.09. The Morgan fingerprint density at radius 3 is 3.12 bits per heavy atom. The fourth-order valence-corrected chi connectivity index (χ4v) is 1.44. The first-order chi connectivity index (χ1) is 3.86. The Kier molecular flexibility index (Phi) is 0.866.